The van der Waals surface area contributed by atoms with Crippen LogP contribution < -0.4 is 10.1 Å². The second-order valence-corrected chi connectivity index (χ2v) is 7.96. The fourth-order valence-corrected chi connectivity index (χ4v) is 4.03. The predicted octanol–water partition coefficient (Wildman–Crippen LogP) is 4.01. The molecule has 9 nitrogen and oxygen atoms in total. The van der Waals surface area contributed by atoms with Crippen LogP contribution in [0.4, 0.5) is 11.4 Å². The van der Waals surface area contributed by atoms with Crippen molar-refractivity contribution in [2.24, 2.45) is 5.92 Å². The van der Waals surface area contributed by atoms with Crippen LogP contribution >= 0.6 is 0 Å². The van der Waals surface area contributed by atoms with Gasteiger partial charge in [-0.2, -0.15) is 0 Å². The quantitative estimate of drug-likeness (QED) is 0.341. The summed E-state index contributed by atoms with van der Waals surface area (Å²) >= 11 is 0. The summed E-state index contributed by atoms with van der Waals surface area (Å²) in [5, 5.41) is 14.5. The number of esters is 1. The van der Waals surface area contributed by atoms with E-state index in [1.807, 2.05) is 6.07 Å². The van der Waals surface area contributed by atoms with Crippen LogP contribution in [0.5, 0.6) is 5.75 Å². The molecule has 9 heteroatoms. The molecule has 0 spiro atoms. The van der Waals surface area contributed by atoms with Crippen molar-refractivity contribution in [2.75, 3.05) is 19.0 Å². The molecule has 1 atom stereocenters. The molecule has 32 heavy (non-hydrogen) atoms. The Labute approximate surface area is 183 Å². The largest absolute Gasteiger partial charge is 0.495 e. The first kappa shape index (κ1) is 21.4. The number of carbonyl (C=O) groups is 2. The number of nitro benzene ring substituents is 1. The molecule has 0 saturated carbocycles. The summed E-state index contributed by atoms with van der Waals surface area (Å²) in [4.78, 5) is 38.6. The number of nitrogens with zero attached hydrogens (tertiary/aromatic N) is 1. The number of aromatic amines is 1. The Morgan fingerprint density at radius 2 is 2.06 bits per heavy atom. The number of nitrogens with one attached hydrogen (secondary N) is 2. The Kier molecular flexibility index (Phi) is 5.81. The number of ether oxygens (including phenoxy) is 2. The van der Waals surface area contributed by atoms with Crippen LogP contribution in [-0.4, -0.2) is 35.5 Å². The minimum atomic E-state index is -0.633. The number of anilines is 1. The van der Waals surface area contributed by atoms with Crippen molar-refractivity contribution in [3.8, 4) is 5.75 Å². The summed E-state index contributed by atoms with van der Waals surface area (Å²) in [6.07, 6.45) is 3.09. The molecule has 0 bridgehead atoms. The van der Waals surface area contributed by atoms with Crippen LogP contribution in [-0.2, 0) is 22.4 Å². The molecule has 1 aromatic heterocycles. The fraction of sp³-hybridized carbons (Fsp3) is 0.304. The van der Waals surface area contributed by atoms with E-state index in [2.05, 4.69) is 17.2 Å². The number of nitro groups is 1. The highest BCUT2D eigenvalue weighted by Gasteiger charge is 2.21. The number of amides is 1. The van der Waals surface area contributed by atoms with Gasteiger partial charge in [-0.05, 0) is 55.0 Å². The van der Waals surface area contributed by atoms with Gasteiger partial charge in [0.25, 0.3) is 11.6 Å². The number of aromatic nitrogens is 1. The third kappa shape index (κ3) is 4.27. The molecule has 2 N–H and O–H groups in total. The number of hydrogen-bond donors (Lipinski definition) is 2. The molecule has 0 aliphatic heterocycles. The molecule has 0 radical (unpaired) electrons. The van der Waals surface area contributed by atoms with Gasteiger partial charge in [-0.3, -0.25) is 14.9 Å². The first-order valence-electron chi connectivity index (χ1n) is 10.3. The van der Waals surface area contributed by atoms with E-state index in [-0.39, 0.29) is 17.1 Å². The molecule has 4 rings (SSSR count). The fourth-order valence-electron chi connectivity index (χ4n) is 4.03. The van der Waals surface area contributed by atoms with Gasteiger partial charge in [0.05, 0.1) is 23.3 Å². The average molecular weight is 437 g/mol. The van der Waals surface area contributed by atoms with Gasteiger partial charge in [0.2, 0.25) is 0 Å². The van der Waals surface area contributed by atoms with Crippen molar-refractivity contribution in [3.63, 3.8) is 0 Å². The lowest BCUT2D eigenvalue weighted by atomic mass is 9.87. The summed E-state index contributed by atoms with van der Waals surface area (Å²) in [5.41, 5.74) is 3.72. The van der Waals surface area contributed by atoms with Gasteiger partial charge in [-0.15, -0.1) is 0 Å². The van der Waals surface area contributed by atoms with Gasteiger partial charge >= 0.3 is 5.97 Å². The SMILES string of the molecule is COc1ccc([N+](=O)[O-])cc1NC(=O)COC(=O)c1ccc2[nH]c3c(c2c1)CC(C)CC3. The monoisotopic (exact) mass is 437 g/mol. The van der Waals surface area contributed by atoms with Crippen LogP contribution in [0.3, 0.4) is 0 Å². The average Bonchev–Trinajstić information content (AvgIpc) is 3.14. The summed E-state index contributed by atoms with van der Waals surface area (Å²) < 4.78 is 10.3. The number of benzene rings is 2. The molecular formula is C23H23N3O6. The number of H-pyrrole nitrogens is 1. The van der Waals surface area contributed by atoms with E-state index in [1.165, 1.54) is 36.6 Å². The Morgan fingerprint density at radius 1 is 1.25 bits per heavy atom. The number of carbonyl (C=O) groups excluding carboxylic acids is 2. The molecule has 1 amide bonds. The Hall–Kier alpha value is -3.88. The third-order valence-electron chi connectivity index (χ3n) is 5.67. The number of aryl methyl sites for hydroxylation is 1. The molecule has 1 unspecified atom stereocenters. The van der Waals surface area contributed by atoms with E-state index in [0.717, 1.165) is 30.2 Å². The van der Waals surface area contributed by atoms with Crippen LogP contribution in [0.1, 0.15) is 35.0 Å². The number of methoxy groups -OCH3 is 1. The van der Waals surface area contributed by atoms with Gasteiger partial charge in [0.1, 0.15) is 5.75 Å². The van der Waals surface area contributed by atoms with Gasteiger partial charge in [-0.25, -0.2) is 4.79 Å². The molecule has 3 aromatic rings. The lowest BCUT2D eigenvalue weighted by Crippen LogP contribution is -2.21. The van der Waals surface area contributed by atoms with E-state index in [0.29, 0.717) is 11.5 Å². The lowest BCUT2D eigenvalue weighted by molar-refractivity contribution is -0.384. The number of fused-ring (bicyclic) bond motifs is 3. The third-order valence-corrected chi connectivity index (χ3v) is 5.67. The van der Waals surface area contributed by atoms with Crippen LogP contribution in [0.2, 0.25) is 0 Å². The second kappa shape index (κ2) is 8.70. The Balaban J connectivity index is 1.44. The van der Waals surface area contributed by atoms with E-state index in [9.17, 15) is 19.7 Å². The highest BCUT2D eigenvalue weighted by molar-refractivity contribution is 5.99. The van der Waals surface area contributed by atoms with Crippen LogP contribution in [0.15, 0.2) is 36.4 Å². The van der Waals surface area contributed by atoms with Crippen molar-refractivity contribution in [1.29, 1.82) is 0 Å². The molecule has 1 heterocycles. The maximum absolute atomic E-state index is 12.5. The summed E-state index contributed by atoms with van der Waals surface area (Å²) in [5.74, 6) is -0.406. The molecular weight excluding hydrogens is 414 g/mol. The van der Waals surface area contributed by atoms with Gasteiger partial charge in [0.15, 0.2) is 6.61 Å². The number of non-ortho nitro benzene ring substituents is 1. The molecule has 2 aromatic carbocycles. The van der Waals surface area contributed by atoms with Crippen LogP contribution in [0.25, 0.3) is 10.9 Å². The normalized spacial score (nSPS) is 15.1. The van der Waals surface area contributed by atoms with Gasteiger partial charge in [0, 0.05) is 28.7 Å². The van der Waals surface area contributed by atoms with Crippen molar-refractivity contribution in [3.05, 3.63) is 63.3 Å². The van der Waals surface area contributed by atoms with Crippen molar-refractivity contribution < 1.29 is 24.0 Å². The summed E-state index contributed by atoms with van der Waals surface area (Å²) in [7, 11) is 1.38. The standard InChI is InChI=1S/C23H23N3O6/c1-13-3-6-18-16(9-13)17-10-14(4-7-19(17)24-18)23(28)32-12-22(27)25-20-11-15(26(29)30)5-8-21(20)31-2/h4-5,7-8,10-11,13,24H,3,6,9,12H2,1-2H3,(H,25,27). The van der Waals surface area contributed by atoms with Crippen LogP contribution in [0, 0.1) is 16.0 Å². The smallest absolute Gasteiger partial charge is 0.338 e. The minimum Gasteiger partial charge on any atom is -0.495 e. The highest BCUT2D eigenvalue weighted by atomic mass is 16.6. The zero-order chi connectivity index (χ0) is 22.8. The zero-order valence-corrected chi connectivity index (χ0v) is 17.8. The Bertz CT molecular complexity index is 1220. The topological polar surface area (TPSA) is 124 Å². The van der Waals surface area contributed by atoms with Crippen molar-refractivity contribution in [1.82, 2.24) is 4.98 Å². The van der Waals surface area contributed by atoms with E-state index < -0.39 is 23.4 Å². The first-order valence-corrected chi connectivity index (χ1v) is 10.3. The van der Waals surface area contributed by atoms with Gasteiger partial charge in [-0.1, -0.05) is 6.92 Å². The maximum Gasteiger partial charge on any atom is 0.338 e. The summed E-state index contributed by atoms with van der Waals surface area (Å²) in [6, 6.07) is 9.15. The molecule has 0 fully saturated rings. The molecule has 166 valence electrons. The number of hydrogen-bond acceptors (Lipinski definition) is 6. The van der Waals surface area contributed by atoms with E-state index in [4.69, 9.17) is 9.47 Å². The maximum atomic E-state index is 12.5. The summed E-state index contributed by atoms with van der Waals surface area (Å²) in [6.45, 7) is 1.68. The predicted molar refractivity (Wildman–Crippen MR) is 118 cm³/mol. The number of rotatable bonds is 6. The van der Waals surface area contributed by atoms with Gasteiger partial charge < -0.3 is 19.8 Å². The van der Waals surface area contributed by atoms with E-state index in [1.54, 1.807) is 12.1 Å². The molecule has 1 aliphatic carbocycles. The second-order valence-electron chi connectivity index (χ2n) is 7.96. The molecule has 0 saturated heterocycles. The highest BCUT2D eigenvalue weighted by Crippen LogP contribution is 2.32. The molecule has 1 aliphatic rings. The zero-order valence-electron chi connectivity index (χ0n) is 17.8. The minimum absolute atomic E-state index is 0.122. The van der Waals surface area contributed by atoms with Crippen molar-refractivity contribution in [2.45, 2.75) is 26.2 Å². The first-order chi connectivity index (χ1) is 15.4. The lowest BCUT2D eigenvalue weighted by Gasteiger charge is -2.18. The Morgan fingerprint density at radius 3 is 2.81 bits per heavy atom. The van der Waals surface area contributed by atoms with E-state index >= 15 is 0 Å². The van der Waals surface area contributed by atoms with Crippen molar-refractivity contribution >= 4 is 34.2 Å².